The quantitative estimate of drug-likeness (QED) is 0.236. The van der Waals surface area contributed by atoms with E-state index in [1.54, 1.807) is 7.11 Å². The summed E-state index contributed by atoms with van der Waals surface area (Å²) in [4.78, 5) is 37.6. The SMILES string of the molecule is COCCCN(CC1(c2ccc(Cl)cc2Cl)CC1)C(C)c1ccccn1.O=C(O)CC(O)(CC(=O)O)C(=O)O. The average Bonchev–Trinajstić information content (AvgIpc) is 3.63. The van der Waals surface area contributed by atoms with Crippen molar-refractivity contribution in [3.05, 3.63) is 63.9 Å². The summed E-state index contributed by atoms with van der Waals surface area (Å²) in [6.07, 6.45) is 2.89. The predicted molar refractivity (Wildman–Crippen MR) is 145 cm³/mol. The molecule has 2 aromatic rings. The average molecular weight is 585 g/mol. The van der Waals surface area contributed by atoms with Gasteiger partial charge in [0, 0.05) is 54.5 Å². The van der Waals surface area contributed by atoms with Crippen molar-refractivity contribution < 1.29 is 39.5 Å². The van der Waals surface area contributed by atoms with E-state index in [2.05, 4.69) is 35.0 Å². The molecule has 1 aliphatic rings. The Balaban J connectivity index is 0.000000349. The van der Waals surface area contributed by atoms with Gasteiger partial charge in [-0.25, -0.2) is 4.79 Å². The molecule has 1 fully saturated rings. The van der Waals surface area contributed by atoms with E-state index >= 15 is 0 Å². The third-order valence-corrected chi connectivity index (χ3v) is 7.15. The molecule has 3 rings (SSSR count). The molecule has 1 atom stereocenters. The van der Waals surface area contributed by atoms with Gasteiger partial charge in [-0.2, -0.15) is 0 Å². The molecule has 4 N–H and O–H groups in total. The molecular formula is C27H34Cl2N2O8. The number of carbonyl (C=O) groups is 3. The van der Waals surface area contributed by atoms with E-state index in [1.807, 2.05) is 24.4 Å². The van der Waals surface area contributed by atoms with E-state index in [1.165, 1.54) is 5.56 Å². The molecule has 1 unspecified atom stereocenters. The van der Waals surface area contributed by atoms with Crippen molar-refractivity contribution in [2.75, 3.05) is 26.8 Å². The normalized spacial score (nSPS) is 14.7. The zero-order valence-electron chi connectivity index (χ0n) is 21.8. The van der Waals surface area contributed by atoms with Crippen molar-refractivity contribution in [1.82, 2.24) is 9.88 Å². The molecule has 1 aliphatic carbocycles. The zero-order valence-corrected chi connectivity index (χ0v) is 23.4. The maximum Gasteiger partial charge on any atom is 0.336 e. The van der Waals surface area contributed by atoms with Crippen molar-refractivity contribution in [1.29, 1.82) is 0 Å². The number of hydrogen-bond acceptors (Lipinski definition) is 7. The number of aromatic nitrogens is 1. The minimum atomic E-state index is -2.74. The van der Waals surface area contributed by atoms with E-state index < -0.39 is 36.4 Å². The van der Waals surface area contributed by atoms with Gasteiger partial charge in [-0.1, -0.05) is 35.3 Å². The first kappa shape index (κ1) is 32.5. The van der Waals surface area contributed by atoms with Crippen LogP contribution in [0.2, 0.25) is 10.0 Å². The second-order valence-electron chi connectivity index (χ2n) is 9.63. The van der Waals surface area contributed by atoms with Gasteiger partial charge in [-0.3, -0.25) is 19.5 Å². The number of aliphatic hydroxyl groups is 1. The summed E-state index contributed by atoms with van der Waals surface area (Å²) >= 11 is 12.6. The van der Waals surface area contributed by atoms with Crippen LogP contribution in [-0.4, -0.2) is 80.6 Å². The fraction of sp³-hybridized carbons (Fsp3) is 0.481. The molecule has 214 valence electrons. The number of nitrogens with zero attached hydrogens (tertiary/aromatic N) is 2. The van der Waals surface area contributed by atoms with Crippen LogP contribution < -0.4 is 0 Å². The molecule has 1 saturated carbocycles. The number of carboxylic acid groups (broad SMARTS) is 3. The Bertz CT molecular complexity index is 1110. The van der Waals surface area contributed by atoms with Gasteiger partial charge >= 0.3 is 17.9 Å². The number of rotatable bonds is 14. The van der Waals surface area contributed by atoms with Crippen molar-refractivity contribution in [3.8, 4) is 0 Å². The maximum absolute atomic E-state index is 10.3. The molecule has 0 spiro atoms. The number of aliphatic carboxylic acids is 3. The van der Waals surface area contributed by atoms with Gasteiger partial charge in [-0.15, -0.1) is 0 Å². The Labute approximate surface area is 237 Å². The highest BCUT2D eigenvalue weighted by Gasteiger charge is 2.47. The van der Waals surface area contributed by atoms with E-state index in [0.29, 0.717) is 5.02 Å². The van der Waals surface area contributed by atoms with Gasteiger partial charge < -0.3 is 25.2 Å². The molecule has 10 nitrogen and oxygen atoms in total. The second-order valence-corrected chi connectivity index (χ2v) is 10.5. The Morgan fingerprint density at radius 1 is 1.10 bits per heavy atom. The monoisotopic (exact) mass is 584 g/mol. The molecule has 0 bridgehead atoms. The summed E-state index contributed by atoms with van der Waals surface area (Å²) in [5.41, 5.74) is -0.299. The minimum Gasteiger partial charge on any atom is -0.481 e. The van der Waals surface area contributed by atoms with Crippen LogP contribution >= 0.6 is 23.2 Å². The number of halogens is 2. The predicted octanol–water partition coefficient (Wildman–Crippen LogP) is 4.27. The molecule has 1 aromatic carbocycles. The van der Waals surface area contributed by atoms with Crippen molar-refractivity contribution in [2.45, 2.75) is 56.1 Å². The maximum atomic E-state index is 10.3. The summed E-state index contributed by atoms with van der Waals surface area (Å²) in [6.45, 7) is 4.93. The van der Waals surface area contributed by atoms with Gasteiger partial charge in [0.25, 0.3) is 0 Å². The smallest absolute Gasteiger partial charge is 0.336 e. The van der Waals surface area contributed by atoms with E-state index in [0.717, 1.165) is 49.7 Å². The van der Waals surface area contributed by atoms with Gasteiger partial charge in [0.15, 0.2) is 5.60 Å². The third-order valence-electron chi connectivity index (χ3n) is 6.60. The number of hydrogen-bond donors (Lipinski definition) is 4. The standard InChI is InChI=1S/C21H26Cl2N2O.C6H8O7/c1-16(20-6-3-4-11-24-20)25(12-5-13-26-2)15-21(9-10-21)18-8-7-17(22)14-19(18)23;7-3(8)1-6(13,5(11)12)2-4(9)10/h3-4,6-8,11,14,16H,5,9-10,12-13,15H2,1-2H3;13H,1-2H2,(H,7,8)(H,9,10)(H,11,12). The zero-order chi connectivity index (χ0) is 29.2. The lowest BCUT2D eigenvalue weighted by molar-refractivity contribution is -0.170. The van der Waals surface area contributed by atoms with Crippen LogP contribution in [0.15, 0.2) is 42.6 Å². The molecule has 0 amide bonds. The third kappa shape index (κ3) is 9.74. The van der Waals surface area contributed by atoms with Crippen molar-refractivity contribution >= 4 is 41.1 Å². The van der Waals surface area contributed by atoms with Gasteiger partial charge in [0.2, 0.25) is 0 Å². The van der Waals surface area contributed by atoms with Crippen LogP contribution in [0.25, 0.3) is 0 Å². The lowest BCUT2D eigenvalue weighted by Crippen LogP contribution is -2.42. The number of ether oxygens (including phenoxy) is 1. The highest BCUT2D eigenvalue weighted by Crippen LogP contribution is 2.52. The summed E-state index contributed by atoms with van der Waals surface area (Å²) < 4.78 is 5.26. The van der Waals surface area contributed by atoms with E-state index in [9.17, 15) is 14.4 Å². The highest BCUT2D eigenvalue weighted by atomic mass is 35.5. The van der Waals surface area contributed by atoms with Crippen LogP contribution in [0, 0.1) is 0 Å². The fourth-order valence-corrected chi connectivity index (χ4v) is 4.93. The summed E-state index contributed by atoms with van der Waals surface area (Å²) in [5, 5.41) is 35.3. The molecule has 0 aliphatic heterocycles. The topological polar surface area (TPSA) is 157 Å². The Morgan fingerprint density at radius 3 is 2.21 bits per heavy atom. The van der Waals surface area contributed by atoms with Crippen molar-refractivity contribution in [3.63, 3.8) is 0 Å². The van der Waals surface area contributed by atoms with Gasteiger partial charge in [0.05, 0.1) is 18.5 Å². The van der Waals surface area contributed by atoms with E-state index in [4.69, 9.17) is 48.4 Å². The van der Waals surface area contributed by atoms with Crippen LogP contribution in [0.1, 0.15) is 56.3 Å². The van der Waals surface area contributed by atoms with Crippen LogP contribution in [-0.2, 0) is 24.5 Å². The Kier molecular flexibility index (Phi) is 12.1. The lowest BCUT2D eigenvalue weighted by atomic mass is 9.94. The number of carboxylic acids is 3. The molecule has 1 heterocycles. The Morgan fingerprint density at radius 2 is 1.74 bits per heavy atom. The van der Waals surface area contributed by atoms with Gasteiger partial charge in [0.1, 0.15) is 0 Å². The minimum absolute atomic E-state index is 0.123. The van der Waals surface area contributed by atoms with Crippen LogP contribution in [0.5, 0.6) is 0 Å². The summed E-state index contributed by atoms with van der Waals surface area (Å²) in [7, 11) is 1.75. The number of methoxy groups -OCH3 is 1. The summed E-state index contributed by atoms with van der Waals surface area (Å²) in [6, 6.07) is 12.3. The highest BCUT2D eigenvalue weighted by molar-refractivity contribution is 6.35. The lowest BCUT2D eigenvalue weighted by Gasteiger charge is -2.33. The van der Waals surface area contributed by atoms with Crippen LogP contribution in [0.3, 0.4) is 0 Å². The van der Waals surface area contributed by atoms with E-state index in [-0.39, 0.29) is 11.5 Å². The second kappa shape index (κ2) is 14.6. The first-order valence-corrected chi connectivity index (χ1v) is 13.1. The van der Waals surface area contributed by atoms with Gasteiger partial charge in [-0.05, 0) is 56.0 Å². The number of pyridine rings is 1. The Hall–Kier alpha value is -2.76. The molecular weight excluding hydrogens is 551 g/mol. The number of benzene rings is 1. The van der Waals surface area contributed by atoms with Crippen molar-refractivity contribution in [2.24, 2.45) is 0 Å². The molecule has 12 heteroatoms. The fourth-order valence-electron chi connectivity index (χ4n) is 4.32. The first-order chi connectivity index (χ1) is 18.3. The first-order valence-electron chi connectivity index (χ1n) is 12.3. The molecule has 0 radical (unpaired) electrons. The largest absolute Gasteiger partial charge is 0.481 e. The summed E-state index contributed by atoms with van der Waals surface area (Å²) in [5.74, 6) is -5.02. The van der Waals surface area contributed by atoms with Crippen LogP contribution in [0.4, 0.5) is 0 Å². The molecule has 1 aromatic heterocycles. The molecule has 0 saturated heterocycles. The molecule has 39 heavy (non-hydrogen) atoms.